The van der Waals surface area contributed by atoms with Gasteiger partial charge in [-0.25, -0.2) is 8.78 Å². The maximum atomic E-state index is 13.8. The van der Waals surface area contributed by atoms with Crippen LogP contribution in [0.4, 0.5) is 8.78 Å². The van der Waals surface area contributed by atoms with Gasteiger partial charge in [-0.1, -0.05) is 24.3 Å². The van der Waals surface area contributed by atoms with Gasteiger partial charge in [0.15, 0.2) is 4.77 Å². The quantitative estimate of drug-likeness (QED) is 0.713. The second kappa shape index (κ2) is 6.98. The Morgan fingerprint density at radius 1 is 1.20 bits per heavy atom. The number of rotatable bonds is 4. The highest BCUT2D eigenvalue weighted by Gasteiger charge is 2.19. The molecule has 0 fully saturated rings. The van der Waals surface area contributed by atoms with Crippen LogP contribution < -0.4 is 0 Å². The summed E-state index contributed by atoms with van der Waals surface area (Å²) in [4.78, 5) is 17.0. The monoisotopic (exact) mass is 359 g/mol. The molecule has 7 heteroatoms. The molecular weight excluding hydrogens is 344 g/mol. The summed E-state index contributed by atoms with van der Waals surface area (Å²) >= 11 is 5.26. The summed E-state index contributed by atoms with van der Waals surface area (Å²) < 4.78 is 28.8. The van der Waals surface area contributed by atoms with E-state index in [0.717, 1.165) is 11.8 Å². The molecule has 0 saturated heterocycles. The van der Waals surface area contributed by atoms with Crippen LogP contribution in [0.1, 0.15) is 16.1 Å². The standard InChI is InChI=1S/C18H15F2N3OS/c1-22(11-12-7-8-13(19)9-15(12)20)17(24)16-10-21-18(25)23(16)14-5-3-2-4-6-14/h2-10H,11H2,1H3,(H,21,25). The maximum absolute atomic E-state index is 13.8. The highest BCUT2D eigenvalue weighted by atomic mass is 32.1. The van der Waals surface area contributed by atoms with Gasteiger partial charge in [-0.3, -0.25) is 9.36 Å². The smallest absolute Gasteiger partial charge is 0.272 e. The van der Waals surface area contributed by atoms with Gasteiger partial charge < -0.3 is 9.88 Å². The van der Waals surface area contributed by atoms with Crippen LogP contribution in [0.3, 0.4) is 0 Å². The Morgan fingerprint density at radius 2 is 1.92 bits per heavy atom. The summed E-state index contributed by atoms with van der Waals surface area (Å²) in [5, 5.41) is 0. The number of amides is 1. The molecule has 3 aromatic rings. The number of carbonyl (C=O) groups is 1. The zero-order valence-corrected chi connectivity index (χ0v) is 14.2. The molecule has 1 N–H and O–H groups in total. The molecule has 1 heterocycles. The number of H-pyrrole nitrogens is 1. The van der Waals surface area contributed by atoms with E-state index in [0.29, 0.717) is 10.5 Å². The normalized spacial score (nSPS) is 10.7. The van der Waals surface area contributed by atoms with Crippen molar-refractivity contribution in [3.05, 3.63) is 82.4 Å². The van der Waals surface area contributed by atoms with Crippen molar-refractivity contribution < 1.29 is 13.6 Å². The fraction of sp³-hybridized carbons (Fsp3) is 0.111. The first-order valence-electron chi connectivity index (χ1n) is 7.52. The summed E-state index contributed by atoms with van der Waals surface area (Å²) in [7, 11) is 1.55. The molecule has 1 aromatic heterocycles. The zero-order valence-electron chi connectivity index (χ0n) is 13.4. The third-order valence-corrected chi connectivity index (χ3v) is 4.08. The van der Waals surface area contributed by atoms with E-state index in [1.807, 2.05) is 30.3 Å². The van der Waals surface area contributed by atoms with E-state index in [-0.39, 0.29) is 18.0 Å². The molecule has 2 aromatic carbocycles. The van der Waals surface area contributed by atoms with Gasteiger partial charge in [0.1, 0.15) is 17.3 Å². The van der Waals surface area contributed by atoms with Crippen molar-refractivity contribution in [1.29, 1.82) is 0 Å². The Hall–Kier alpha value is -2.80. The largest absolute Gasteiger partial charge is 0.336 e. The predicted octanol–water partition coefficient (Wildman–Crippen LogP) is 4.09. The minimum absolute atomic E-state index is 0.0116. The molecule has 0 radical (unpaired) electrons. The minimum atomic E-state index is -0.686. The molecule has 4 nitrogen and oxygen atoms in total. The van der Waals surface area contributed by atoms with Crippen molar-refractivity contribution in [3.63, 3.8) is 0 Å². The average molecular weight is 359 g/mol. The van der Waals surface area contributed by atoms with Crippen molar-refractivity contribution in [2.75, 3.05) is 7.05 Å². The summed E-state index contributed by atoms with van der Waals surface area (Å²) in [5.74, 6) is -1.67. The van der Waals surface area contributed by atoms with Crippen molar-refractivity contribution in [2.24, 2.45) is 0 Å². The van der Waals surface area contributed by atoms with E-state index in [1.165, 1.54) is 23.2 Å². The Morgan fingerprint density at radius 3 is 2.60 bits per heavy atom. The molecule has 0 aliphatic heterocycles. The molecule has 0 atom stereocenters. The molecule has 128 valence electrons. The number of hydrogen-bond donors (Lipinski definition) is 1. The number of benzene rings is 2. The maximum Gasteiger partial charge on any atom is 0.272 e. The molecule has 0 aliphatic rings. The number of aromatic amines is 1. The van der Waals surface area contributed by atoms with Gasteiger partial charge in [-0.2, -0.15) is 0 Å². The van der Waals surface area contributed by atoms with Crippen LogP contribution in [0.25, 0.3) is 5.69 Å². The van der Waals surface area contributed by atoms with Crippen LogP contribution in [0.15, 0.2) is 54.7 Å². The minimum Gasteiger partial charge on any atom is -0.336 e. The topological polar surface area (TPSA) is 41.0 Å². The highest BCUT2D eigenvalue weighted by molar-refractivity contribution is 7.71. The van der Waals surface area contributed by atoms with Crippen molar-refractivity contribution in [2.45, 2.75) is 6.54 Å². The number of halogens is 2. The van der Waals surface area contributed by atoms with E-state index in [2.05, 4.69) is 4.98 Å². The number of imidazole rings is 1. The molecule has 3 rings (SSSR count). The number of aromatic nitrogens is 2. The summed E-state index contributed by atoms with van der Waals surface area (Å²) in [6.07, 6.45) is 1.52. The van der Waals surface area contributed by atoms with Crippen LogP contribution in [0, 0.1) is 16.4 Å². The number of para-hydroxylation sites is 1. The predicted molar refractivity (Wildman–Crippen MR) is 93.1 cm³/mol. The number of carbonyl (C=O) groups excluding carboxylic acids is 1. The SMILES string of the molecule is CN(Cc1ccc(F)cc1F)C(=O)c1c[nH]c(=S)n1-c1ccccc1. The second-order valence-corrected chi connectivity index (χ2v) is 5.93. The third kappa shape index (κ3) is 3.51. The van der Waals surface area contributed by atoms with Gasteiger partial charge in [0.2, 0.25) is 0 Å². The van der Waals surface area contributed by atoms with E-state index >= 15 is 0 Å². The highest BCUT2D eigenvalue weighted by Crippen LogP contribution is 2.16. The lowest BCUT2D eigenvalue weighted by Gasteiger charge is -2.18. The number of nitrogens with zero attached hydrogens (tertiary/aromatic N) is 2. The molecule has 0 unspecified atom stereocenters. The van der Waals surface area contributed by atoms with Crippen LogP contribution in [-0.2, 0) is 6.54 Å². The summed E-state index contributed by atoms with van der Waals surface area (Å²) in [6.45, 7) is 0.0116. The molecule has 0 saturated carbocycles. The Kier molecular flexibility index (Phi) is 4.76. The lowest BCUT2D eigenvalue weighted by atomic mass is 10.2. The second-order valence-electron chi connectivity index (χ2n) is 5.55. The average Bonchev–Trinajstić information content (AvgIpc) is 2.99. The summed E-state index contributed by atoms with van der Waals surface area (Å²) in [6, 6.07) is 12.5. The fourth-order valence-corrected chi connectivity index (χ4v) is 2.79. The molecule has 0 spiro atoms. The van der Waals surface area contributed by atoms with E-state index in [9.17, 15) is 13.6 Å². The molecule has 25 heavy (non-hydrogen) atoms. The fourth-order valence-electron chi connectivity index (χ4n) is 2.53. The number of nitrogens with one attached hydrogen (secondary N) is 1. The van der Waals surface area contributed by atoms with Crippen LogP contribution in [0.2, 0.25) is 0 Å². The van der Waals surface area contributed by atoms with E-state index < -0.39 is 11.6 Å². The van der Waals surface area contributed by atoms with E-state index in [4.69, 9.17) is 12.2 Å². The Labute approximate surface area is 148 Å². The van der Waals surface area contributed by atoms with E-state index in [1.54, 1.807) is 11.6 Å². The van der Waals surface area contributed by atoms with Crippen molar-refractivity contribution >= 4 is 18.1 Å². The first-order chi connectivity index (χ1) is 12.0. The third-order valence-electron chi connectivity index (χ3n) is 3.78. The van der Waals surface area contributed by atoms with Gasteiger partial charge in [-0.15, -0.1) is 0 Å². The first-order valence-corrected chi connectivity index (χ1v) is 7.93. The molecule has 0 bridgehead atoms. The Bertz CT molecular complexity index is 966. The van der Waals surface area contributed by atoms with Crippen LogP contribution >= 0.6 is 12.2 Å². The zero-order chi connectivity index (χ0) is 18.0. The van der Waals surface area contributed by atoms with Crippen LogP contribution in [-0.4, -0.2) is 27.4 Å². The lowest BCUT2D eigenvalue weighted by molar-refractivity contribution is 0.0776. The van der Waals surface area contributed by atoms with Gasteiger partial charge in [0.25, 0.3) is 5.91 Å². The Balaban J connectivity index is 1.90. The lowest BCUT2D eigenvalue weighted by Crippen LogP contribution is -2.28. The first kappa shape index (κ1) is 17.0. The van der Waals surface area contributed by atoms with Gasteiger partial charge in [0, 0.05) is 37.1 Å². The number of hydrogen-bond acceptors (Lipinski definition) is 2. The van der Waals surface area contributed by atoms with Gasteiger partial charge in [0.05, 0.1) is 0 Å². The van der Waals surface area contributed by atoms with Crippen LogP contribution in [0.5, 0.6) is 0 Å². The van der Waals surface area contributed by atoms with Gasteiger partial charge >= 0.3 is 0 Å². The molecule has 1 amide bonds. The van der Waals surface area contributed by atoms with Crippen molar-refractivity contribution in [1.82, 2.24) is 14.5 Å². The molecular formula is C18H15F2N3OS. The van der Waals surface area contributed by atoms with Gasteiger partial charge in [-0.05, 0) is 30.4 Å². The molecule has 0 aliphatic carbocycles. The van der Waals surface area contributed by atoms with Crippen molar-refractivity contribution in [3.8, 4) is 5.69 Å². The summed E-state index contributed by atoms with van der Waals surface area (Å²) in [5.41, 5.74) is 1.32.